The molecule has 1 N–H and O–H groups in total. The number of hydrogen-bond acceptors (Lipinski definition) is 1. The van der Waals surface area contributed by atoms with Crippen molar-refractivity contribution in [3.8, 4) is 11.8 Å². The summed E-state index contributed by atoms with van der Waals surface area (Å²) in [6.45, 7) is 6.35. The molecule has 1 aliphatic heterocycles. The van der Waals surface area contributed by atoms with Gasteiger partial charge in [-0.2, -0.15) is 0 Å². The van der Waals surface area contributed by atoms with Gasteiger partial charge in [-0.3, -0.25) is 5.32 Å². The van der Waals surface area contributed by atoms with Gasteiger partial charge in [0.15, 0.2) is 0 Å². The fourth-order valence-electron chi connectivity index (χ4n) is 2.23. The molecule has 1 heterocycles. The van der Waals surface area contributed by atoms with Gasteiger partial charge in [0, 0.05) is 5.54 Å². The van der Waals surface area contributed by atoms with Crippen molar-refractivity contribution in [2.24, 2.45) is 0 Å². The zero-order valence-electron chi connectivity index (χ0n) is 9.59. The van der Waals surface area contributed by atoms with Gasteiger partial charge in [-0.1, -0.05) is 30.2 Å². The number of hydrogen-bond donors (Lipinski definition) is 1. The minimum atomic E-state index is 0.142. The molecule has 0 bridgehead atoms. The van der Waals surface area contributed by atoms with Gasteiger partial charge in [0.1, 0.15) is 0 Å². The molecular formula is C14H17N. The average molecular weight is 199 g/mol. The van der Waals surface area contributed by atoms with Crippen molar-refractivity contribution in [2.75, 3.05) is 0 Å². The van der Waals surface area contributed by atoms with E-state index in [0.29, 0.717) is 0 Å². The van der Waals surface area contributed by atoms with Crippen LogP contribution in [0.3, 0.4) is 0 Å². The highest BCUT2D eigenvalue weighted by atomic mass is 15.0. The van der Waals surface area contributed by atoms with Gasteiger partial charge in [-0.25, -0.2) is 0 Å². The van der Waals surface area contributed by atoms with Gasteiger partial charge in [0.05, 0.1) is 6.04 Å². The third kappa shape index (κ3) is 2.06. The highest BCUT2D eigenvalue weighted by Crippen LogP contribution is 2.29. The van der Waals surface area contributed by atoms with Gasteiger partial charge in [0.25, 0.3) is 0 Å². The Balaban J connectivity index is 2.46. The smallest absolute Gasteiger partial charge is 0.0952 e. The summed E-state index contributed by atoms with van der Waals surface area (Å²) in [7, 11) is 0. The van der Waals surface area contributed by atoms with Crippen molar-refractivity contribution < 1.29 is 0 Å². The Morgan fingerprint density at radius 1 is 1.33 bits per heavy atom. The molecule has 1 nitrogen and oxygen atoms in total. The molecule has 0 saturated heterocycles. The van der Waals surface area contributed by atoms with E-state index in [4.69, 9.17) is 0 Å². The number of nitrogens with one attached hydrogen (secondary N) is 1. The first-order valence-electron chi connectivity index (χ1n) is 5.40. The van der Waals surface area contributed by atoms with E-state index in [1.54, 1.807) is 0 Å². The van der Waals surface area contributed by atoms with E-state index >= 15 is 0 Å². The highest BCUT2D eigenvalue weighted by Gasteiger charge is 2.29. The van der Waals surface area contributed by atoms with Gasteiger partial charge >= 0.3 is 0 Å². The molecule has 0 aliphatic carbocycles. The van der Waals surface area contributed by atoms with E-state index in [9.17, 15) is 0 Å². The van der Waals surface area contributed by atoms with Crippen molar-refractivity contribution in [3.05, 3.63) is 35.4 Å². The molecule has 0 radical (unpaired) electrons. The summed E-state index contributed by atoms with van der Waals surface area (Å²) in [5.74, 6) is 6.24. The van der Waals surface area contributed by atoms with Crippen molar-refractivity contribution in [1.82, 2.24) is 5.32 Å². The second kappa shape index (κ2) is 3.72. The van der Waals surface area contributed by atoms with Gasteiger partial charge in [-0.05, 0) is 38.3 Å². The van der Waals surface area contributed by atoms with E-state index in [0.717, 1.165) is 6.42 Å². The Morgan fingerprint density at radius 3 is 2.80 bits per heavy atom. The molecule has 1 aromatic carbocycles. The lowest BCUT2D eigenvalue weighted by Crippen LogP contribution is -2.47. The Morgan fingerprint density at radius 2 is 2.07 bits per heavy atom. The topological polar surface area (TPSA) is 12.0 Å². The van der Waals surface area contributed by atoms with Crippen LogP contribution in [0.25, 0.3) is 0 Å². The summed E-state index contributed by atoms with van der Waals surface area (Å²) in [5.41, 5.74) is 2.91. The van der Waals surface area contributed by atoms with E-state index in [1.807, 2.05) is 6.92 Å². The molecule has 78 valence electrons. The largest absolute Gasteiger partial charge is 0.295 e. The molecule has 0 spiro atoms. The summed E-state index contributed by atoms with van der Waals surface area (Å²) >= 11 is 0. The minimum absolute atomic E-state index is 0.142. The molecule has 0 fully saturated rings. The second-order valence-electron chi connectivity index (χ2n) is 4.73. The van der Waals surface area contributed by atoms with E-state index < -0.39 is 0 Å². The molecular weight excluding hydrogens is 182 g/mol. The predicted molar refractivity (Wildman–Crippen MR) is 63.6 cm³/mol. The first-order chi connectivity index (χ1) is 7.12. The highest BCUT2D eigenvalue weighted by molar-refractivity contribution is 5.38. The van der Waals surface area contributed by atoms with Crippen LogP contribution in [0, 0.1) is 11.8 Å². The van der Waals surface area contributed by atoms with Crippen LogP contribution < -0.4 is 5.32 Å². The first-order valence-corrected chi connectivity index (χ1v) is 5.40. The molecule has 1 atom stereocenters. The van der Waals surface area contributed by atoms with Crippen LogP contribution in [-0.2, 0) is 6.42 Å². The molecule has 0 amide bonds. The summed E-state index contributed by atoms with van der Waals surface area (Å²) in [6.07, 6.45) is 1.07. The number of fused-ring (bicyclic) bond motifs is 1. The van der Waals surface area contributed by atoms with Crippen molar-refractivity contribution in [2.45, 2.75) is 38.8 Å². The maximum atomic E-state index is 3.58. The van der Waals surface area contributed by atoms with Crippen molar-refractivity contribution in [1.29, 1.82) is 0 Å². The van der Waals surface area contributed by atoms with Crippen LogP contribution in [0.15, 0.2) is 24.3 Å². The third-order valence-electron chi connectivity index (χ3n) is 2.82. The van der Waals surface area contributed by atoms with Crippen molar-refractivity contribution in [3.63, 3.8) is 0 Å². The molecule has 1 aromatic rings. The van der Waals surface area contributed by atoms with Crippen molar-refractivity contribution >= 4 is 0 Å². The molecule has 1 heteroatoms. The zero-order chi connectivity index (χ0) is 10.9. The lowest BCUT2D eigenvalue weighted by molar-refractivity contribution is 0.343. The number of benzene rings is 1. The Bertz CT molecular complexity index is 420. The Hall–Kier alpha value is -1.26. The lowest BCUT2D eigenvalue weighted by Gasteiger charge is -2.36. The van der Waals surface area contributed by atoms with Gasteiger partial charge in [-0.15, -0.1) is 5.92 Å². The summed E-state index contributed by atoms with van der Waals surface area (Å²) in [4.78, 5) is 0. The second-order valence-corrected chi connectivity index (χ2v) is 4.73. The molecule has 15 heavy (non-hydrogen) atoms. The number of rotatable bonds is 0. The molecule has 0 saturated carbocycles. The summed E-state index contributed by atoms with van der Waals surface area (Å²) in [5, 5.41) is 3.58. The Kier molecular flexibility index (Phi) is 2.54. The normalized spacial score (nSPS) is 22.5. The SMILES string of the molecule is CC#CC1NC(C)(C)Cc2ccccc21. The van der Waals surface area contributed by atoms with Gasteiger partial charge < -0.3 is 0 Å². The van der Waals surface area contributed by atoms with Crippen LogP contribution >= 0.6 is 0 Å². The average Bonchev–Trinajstić information content (AvgIpc) is 2.16. The van der Waals surface area contributed by atoms with Crippen LogP contribution in [0.1, 0.15) is 37.9 Å². The first kappa shape index (κ1) is 10.3. The minimum Gasteiger partial charge on any atom is -0.295 e. The maximum absolute atomic E-state index is 3.58. The maximum Gasteiger partial charge on any atom is 0.0952 e. The van der Waals surface area contributed by atoms with Gasteiger partial charge in [0.2, 0.25) is 0 Å². The van der Waals surface area contributed by atoms with E-state index in [2.05, 4.69) is 55.3 Å². The summed E-state index contributed by atoms with van der Waals surface area (Å²) in [6, 6.07) is 8.77. The molecule has 1 unspecified atom stereocenters. The molecule has 1 aliphatic rings. The Labute approximate surface area is 91.9 Å². The lowest BCUT2D eigenvalue weighted by atomic mass is 9.84. The van der Waals surface area contributed by atoms with Crippen LogP contribution in [0.4, 0.5) is 0 Å². The third-order valence-corrected chi connectivity index (χ3v) is 2.82. The predicted octanol–water partition coefficient (Wildman–Crippen LogP) is 2.68. The molecule has 0 aromatic heterocycles. The summed E-state index contributed by atoms with van der Waals surface area (Å²) < 4.78 is 0. The van der Waals surface area contributed by atoms with Crippen LogP contribution in [-0.4, -0.2) is 5.54 Å². The van der Waals surface area contributed by atoms with E-state index in [-0.39, 0.29) is 11.6 Å². The van der Waals surface area contributed by atoms with Crippen LogP contribution in [0.5, 0.6) is 0 Å². The quantitative estimate of drug-likeness (QED) is 0.633. The standard InChI is InChI=1S/C14H17N/c1-4-7-13-12-9-6-5-8-11(12)10-14(2,3)15-13/h5-6,8-9,13,15H,10H2,1-3H3. The van der Waals surface area contributed by atoms with E-state index in [1.165, 1.54) is 11.1 Å². The van der Waals surface area contributed by atoms with Crippen LogP contribution in [0.2, 0.25) is 0 Å². The monoisotopic (exact) mass is 199 g/mol. The fourth-order valence-corrected chi connectivity index (χ4v) is 2.23. The molecule has 2 rings (SSSR count). The fraction of sp³-hybridized carbons (Fsp3) is 0.429. The zero-order valence-corrected chi connectivity index (χ0v) is 9.59.